The van der Waals surface area contributed by atoms with E-state index in [1.54, 1.807) is 0 Å². The van der Waals surface area contributed by atoms with Gasteiger partial charge in [0.25, 0.3) is 0 Å². The van der Waals surface area contributed by atoms with Crippen LogP contribution in [0.15, 0.2) is 0 Å². The maximum absolute atomic E-state index is 3.46. The molecule has 0 spiro atoms. The lowest BCUT2D eigenvalue weighted by Crippen LogP contribution is -2.32. The van der Waals surface area contributed by atoms with Crippen LogP contribution in [0.4, 0.5) is 0 Å². The molecule has 0 aromatic rings. The van der Waals surface area contributed by atoms with E-state index in [2.05, 4.69) is 29.0 Å². The van der Waals surface area contributed by atoms with Gasteiger partial charge in [0.15, 0.2) is 0 Å². The van der Waals surface area contributed by atoms with Gasteiger partial charge in [-0.05, 0) is 19.9 Å². The third-order valence-electron chi connectivity index (χ3n) is 2.24. The minimum Gasteiger partial charge on any atom is -0.313 e. The van der Waals surface area contributed by atoms with E-state index in [4.69, 9.17) is 0 Å². The van der Waals surface area contributed by atoms with E-state index >= 15 is 0 Å². The lowest BCUT2D eigenvalue weighted by atomic mass is 10.3. The Balaban J connectivity index is 2.19. The molecule has 1 aliphatic heterocycles. The molecule has 0 aromatic carbocycles. The highest BCUT2D eigenvalue weighted by Crippen LogP contribution is 2.07. The predicted octanol–water partition coefficient (Wildman–Crippen LogP) is 0.694. The highest BCUT2D eigenvalue weighted by Gasteiger charge is 2.19. The predicted molar refractivity (Wildman–Crippen MR) is 52.0 cm³/mol. The largest absolute Gasteiger partial charge is 0.313 e. The SMILES string of the molecule is CC#CCN1CCC(NCC)C1. The van der Waals surface area contributed by atoms with E-state index in [-0.39, 0.29) is 0 Å². The molecule has 2 nitrogen and oxygen atoms in total. The van der Waals surface area contributed by atoms with Gasteiger partial charge in [-0.3, -0.25) is 4.90 Å². The van der Waals surface area contributed by atoms with Crippen molar-refractivity contribution in [1.29, 1.82) is 0 Å². The van der Waals surface area contributed by atoms with Crippen molar-refractivity contribution in [1.82, 2.24) is 10.2 Å². The molecule has 1 saturated heterocycles. The topological polar surface area (TPSA) is 15.3 Å². The van der Waals surface area contributed by atoms with Crippen molar-refractivity contribution < 1.29 is 0 Å². The van der Waals surface area contributed by atoms with Crippen LogP contribution in [0.1, 0.15) is 20.3 Å². The standard InChI is InChI=1S/C10H18N2/c1-3-5-7-12-8-6-10(9-12)11-4-2/h10-11H,4,6-9H2,1-2H3. The first-order chi connectivity index (χ1) is 5.86. The molecule has 1 fully saturated rings. The van der Waals surface area contributed by atoms with E-state index in [1.165, 1.54) is 19.5 Å². The van der Waals surface area contributed by atoms with Crippen molar-refractivity contribution in [2.45, 2.75) is 26.3 Å². The summed E-state index contributed by atoms with van der Waals surface area (Å²) in [5.74, 6) is 6.03. The molecule has 1 N–H and O–H groups in total. The Morgan fingerprint density at radius 2 is 2.42 bits per heavy atom. The fraction of sp³-hybridized carbons (Fsp3) is 0.800. The fourth-order valence-corrected chi connectivity index (χ4v) is 1.62. The molecule has 12 heavy (non-hydrogen) atoms. The Kier molecular flexibility index (Phi) is 4.13. The minimum atomic E-state index is 0.702. The van der Waals surface area contributed by atoms with Crippen LogP contribution < -0.4 is 5.32 Å². The van der Waals surface area contributed by atoms with Gasteiger partial charge in [-0.1, -0.05) is 12.8 Å². The molecule has 0 aliphatic carbocycles. The van der Waals surface area contributed by atoms with E-state index in [9.17, 15) is 0 Å². The van der Waals surface area contributed by atoms with Crippen molar-refractivity contribution in [2.24, 2.45) is 0 Å². The molecular weight excluding hydrogens is 148 g/mol. The average Bonchev–Trinajstić information content (AvgIpc) is 2.50. The summed E-state index contributed by atoms with van der Waals surface area (Å²) in [5.41, 5.74) is 0. The van der Waals surface area contributed by atoms with Crippen molar-refractivity contribution in [3.63, 3.8) is 0 Å². The first-order valence-corrected chi connectivity index (χ1v) is 4.72. The molecule has 1 heterocycles. The first-order valence-electron chi connectivity index (χ1n) is 4.72. The highest BCUT2D eigenvalue weighted by molar-refractivity contribution is 4.99. The molecule has 1 unspecified atom stereocenters. The second-order valence-corrected chi connectivity index (χ2v) is 3.21. The van der Waals surface area contributed by atoms with Crippen LogP contribution in [-0.2, 0) is 0 Å². The van der Waals surface area contributed by atoms with Crippen molar-refractivity contribution in [3.8, 4) is 11.8 Å². The molecule has 68 valence electrons. The van der Waals surface area contributed by atoms with Crippen LogP contribution in [0, 0.1) is 11.8 Å². The Labute approximate surface area is 75.3 Å². The number of nitrogens with zero attached hydrogens (tertiary/aromatic N) is 1. The molecule has 1 aliphatic rings. The lowest BCUT2D eigenvalue weighted by molar-refractivity contribution is 0.369. The van der Waals surface area contributed by atoms with Crippen LogP contribution in [0.5, 0.6) is 0 Å². The number of nitrogens with one attached hydrogen (secondary N) is 1. The summed E-state index contributed by atoms with van der Waals surface area (Å²) in [5, 5.41) is 3.46. The van der Waals surface area contributed by atoms with Crippen LogP contribution in [0.25, 0.3) is 0 Å². The minimum absolute atomic E-state index is 0.702. The molecule has 0 bridgehead atoms. The van der Waals surface area contributed by atoms with Crippen molar-refractivity contribution in [3.05, 3.63) is 0 Å². The van der Waals surface area contributed by atoms with E-state index < -0.39 is 0 Å². The molecule has 2 heteroatoms. The fourth-order valence-electron chi connectivity index (χ4n) is 1.62. The van der Waals surface area contributed by atoms with Gasteiger partial charge in [0.1, 0.15) is 0 Å². The quantitative estimate of drug-likeness (QED) is 0.621. The Hall–Kier alpha value is -0.520. The zero-order valence-corrected chi connectivity index (χ0v) is 8.06. The van der Waals surface area contributed by atoms with Crippen molar-refractivity contribution in [2.75, 3.05) is 26.2 Å². The molecule has 0 aromatic heterocycles. The van der Waals surface area contributed by atoms with Crippen LogP contribution in [0.2, 0.25) is 0 Å². The average molecular weight is 166 g/mol. The Morgan fingerprint density at radius 3 is 3.08 bits per heavy atom. The smallest absolute Gasteiger partial charge is 0.0602 e. The number of hydrogen-bond donors (Lipinski definition) is 1. The molecule has 0 radical (unpaired) electrons. The summed E-state index contributed by atoms with van der Waals surface area (Å²) in [6, 6.07) is 0.702. The number of likely N-dealkylation sites (tertiary alicyclic amines) is 1. The number of hydrogen-bond acceptors (Lipinski definition) is 2. The van der Waals surface area contributed by atoms with Crippen molar-refractivity contribution >= 4 is 0 Å². The van der Waals surface area contributed by atoms with E-state index in [1.807, 2.05) is 6.92 Å². The second-order valence-electron chi connectivity index (χ2n) is 3.21. The van der Waals surface area contributed by atoms with Crippen LogP contribution >= 0.6 is 0 Å². The molecule has 1 atom stereocenters. The Bertz CT molecular complexity index is 178. The monoisotopic (exact) mass is 166 g/mol. The van der Waals surface area contributed by atoms with Gasteiger partial charge in [-0.25, -0.2) is 0 Å². The third-order valence-corrected chi connectivity index (χ3v) is 2.24. The van der Waals surface area contributed by atoms with Gasteiger partial charge in [0.05, 0.1) is 6.54 Å². The van der Waals surface area contributed by atoms with Crippen LogP contribution in [0.3, 0.4) is 0 Å². The number of likely N-dealkylation sites (N-methyl/N-ethyl adjacent to an activating group) is 1. The van der Waals surface area contributed by atoms with Gasteiger partial charge >= 0.3 is 0 Å². The van der Waals surface area contributed by atoms with E-state index in [0.717, 1.165) is 13.1 Å². The van der Waals surface area contributed by atoms with E-state index in [0.29, 0.717) is 6.04 Å². The number of rotatable bonds is 3. The summed E-state index contributed by atoms with van der Waals surface area (Å²) in [6.07, 6.45) is 1.28. The maximum Gasteiger partial charge on any atom is 0.0602 e. The molecule has 1 rings (SSSR count). The maximum atomic E-state index is 3.46. The summed E-state index contributed by atoms with van der Waals surface area (Å²) >= 11 is 0. The molecule has 0 amide bonds. The normalized spacial score (nSPS) is 23.7. The van der Waals surface area contributed by atoms with Gasteiger partial charge < -0.3 is 5.32 Å². The first kappa shape index (κ1) is 9.57. The third kappa shape index (κ3) is 2.84. The highest BCUT2D eigenvalue weighted by atomic mass is 15.2. The van der Waals surface area contributed by atoms with Gasteiger partial charge in [0, 0.05) is 19.1 Å². The zero-order valence-electron chi connectivity index (χ0n) is 8.06. The summed E-state index contributed by atoms with van der Waals surface area (Å²) < 4.78 is 0. The Morgan fingerprint density at radius 1 is 1.58 bits per heavy atom. The summed E-state index contributed by atoms with van der Waals surface area (Å²) in [7, 11) is 0. The summed E-state index contributed by atoms with van der Waals surface area (Å²) in [4.78, 5) is 2.41. The molecule has 0 saturated carbocycles. The summed E-state index contributed by atoms with van der Waals surface area (Å²) in [6.45, 7) is 8.46. The lowest BCUT2D eigenvalue weighted by Gasteiger charge is -2.12. The van der Waals surface area contributed by atoms with Gasteiger partial charge in [0.2, 0.25) is 0 Å². The van der Waals surface area contributed by atoms with Gasteiger partial charge in [-0.15, -0.1) is 5.92 Å². The van der Waals surface area contributed by atoms with Crippen LogP contribution in [-0.4, -0.2) is 37.1 Å². The second kappa shape index (κ2) is 5.18. The zero-order chi connectivity index (χ0) is 8.81. The van der Waals surface area contributed by atoms with Gasteiger partial charge in [-0.2, -0.15) is 0 Å². The molecular formula is C10H18N2.